The maximum absolute atomic E-state index is 14.3. The molecule has 1 aliphatic rings. The molecule has 128 valence electrons. The van der Waals surface area contributed by atoms with Gasteiger partial charge in [0.2, 0.25) is 0 Å². The third-order valence-corrected chi connectivity index (χ3v) is 4.30. The van der Waals surface area contributed by atoms with Crippen molar-refractivity contribution in [2.45, 2.75) is 19.9 Å². The first kappa shape index (κ1) is 17.2. The molecule has 0 saturated heterocycles. The van der Waals surface area contributed by atoms with E-state index in [0.717, 1.165) is 23.3 Å². The molecule has 0 fully saturated rings. The van der Waals surface area contributed by atoms with Gasteiger partial charge in [0.25, 0.3) is 0 Å². The summed E-state index contributed by atoms with van der Waals surface area (Å²) in [6.07, 6.45) is 0. The van der Waals surface area contributed by atoms with Gasteiger partial charge in [0, 0.05) is 5.57 Å². The molecule has 0 unspecified atom stereocenters. The Morgan fingerprint density at radius 2 is 1.68 bits per heavy atom. The number of aryl methyl sites for hydroxylation is 1. The largest absolute Gasteiger partial charge is 0.351 e. The predicted molar refractivity (Wildman–Crippen MR) is 96.7 cm³/mol. The second kappa shape index (κ2) is 6.72. The van der Waals surface area contributed by atoms with Gasteiger partial charge in [0.15, 0.2) is 10.9 Å². The Morgan fingerprint density at radius 3 is 2.24 bits per heavy atom. The van der Waals surface area contributed by atoms with Crippen molar-refractivity contribution in [3.05, 3.63) is 76.4 Å². The van der Waals surface area contributed by atoms with Crippen LogP contribution in [0.2, 0.25) is 0 Å². The van der Waals surface area contributed by atoms with E-state index in [1.54, 1.807) is 0 Å². The number of hydrogen-bond acceptors (Lipinski definition) is 2. The first-order chi connectivity index (χ1) is 11.9. The van der Waals surface area contributed by atoms with Crippen LogP contribution in [0.5, 0.6) is 0 Å². The van der Waals surface area contributed by atoms with E-state index in [0.29, 0.717) is 5.70 Å². The van der Waals surface area contributed by atoms with Gasteiger partial charge in [-0.1, -0.05) is 35.9 Å². The third-order valence-electron chi connectivity index (χ3n) is 4.08. The Balaban J connectivity index is 2.24. The minimum Gasteiger partial charge on any atom is -0.351 e. The SMILES string of the molecule is CC(=O)C1=C(c2ccc(C)cc2)NC(=S)N[C@H]1c1c(F)cccc1F. The zero-order valence-electron chi connectivity index (χ0n) is 13.7. The molecule has 0 bridgehead atoms. The highest BCUT2D eigenvalue weighted by Crippen LogP contribution is 2.34. The molecule has 0 aliphatic carbocycles. The average Bonchev–Trinajstić information content (AvgIpc) is 2.54. The Hall–Kier alpha value is -2.60. The van der Waals surface area contributed by atoms with Crippen molar-refractivity contribution in [2.75, 3.05) is 0 Å². The summed E-state index contributed by atoms with van der Waals surface area (Å²) in [4.78, 5) is 12.3. The van der Waals surface area contributed by atoms with E-state index in [2.05, 4.69) is 10.6 Å². The highest BCUT2D eigenvalue weighted by molar-refractivity contribution is 7.80. The van der Waals surface area contributed by atoms with Crippen LogP contribution >= 0.6 is 12.2 Å². The number of nitrogens with one attached hydrogen (secondary N) is 2. The van der Waals surface area contributed by atoms with Crippen LogP contribution in [0.15, 0.2) is 48.0 Å². The van der Waals surface area contributed by atoms with Gasteiger partial charge in [-0.15, -0.1) is 0 Å². The number of benzene rings is 2. The number of thiocarbonyl (C=S) groups is 1. The Morgan fingerprint density at radius 1 is 1.08 bits per heavy atom. The van der Waals surface area contributed by atoms with Gasteiger partial charge in [-0.25, -0.2) is 8.78 Å². The normalized spacial score (nSPS) is 17.1. The molecule has 25 heavy (non-hydrogen) atoms. The fourth-order valence-electron chi connectivity index (χ4n) is 2.89. The van der Waals surface area contributed by atoms with Gasteiger partial charge < -0.3 is 10.6 Å². The number of ketones is 1. The summed E-state index contributed by atoms with van der Waals surface area (Å²) < 4.78 is 28.6. The van der Waals surface area contributed by atoms with Crippen LogP contribution in [-0.2, 0) is 4.79 Å². The minimum absolute atomic E-state index is 0.202. The first-order valence-corrected chi connectivity index (χ1v) is 8.13. The number of Topliss-reactive ketones (excluding diaryl/α,β-unsaturated/α-hetero) is 1. The zero-order chi connectivity index (χ0) is 18.1. The molecule has 3 nitrogen and oxygen atoms in total. The summed E-state index contributed by atoms with van der Waals surface area (Å²) in [6.45, 7) is 3.31. The van der Waals surface area contributed by atoms with Crippen LogP contribution < -0.4 is 10.6 Å². The van der Waals surface area contributed by atoms with Crippen LogP contribution in [0.1, 0.15) is 29.7 Å². The molecule has 1 heterocycles. The number of carbonyl (C=O) groups is 1. The fraction of sp³-hybridized carbons (Fsp3) is 0.158. The lowest BCUT2D eigenvalue weighted by molar-refractivity contribution is -0.113. The van der Waals surface area contributed by atoms with E-state index in [9.17, 15) is 13.6 Å². The molecule has 2 N–H and O–H groups in total. The number of halogens is 2. The van der Waals surface area contributed by atoms with Crippen LogP contribution in [0, 0.1) is 18.6 Å². The van der Waals surface area contributed by atoms with Gasteiger partial charge in [-0.05, 0) is 43.8 Å². The molecule has 3 rings (SSSR count). The standard InChI is InChI=1S/C19H16F2N2OS/c1-10-6-8-12(9-7-10)17-15(11(2)24)18(23-19(25)22-17)16-13(20)4-3-5-14(16)21/h3-9,18H,1-2H3,(H2,22,23,25)/t18-/m1/s1. The predicted octanol–water partition coefficient (Wildman–Crippen LogP) is 3.79. The van der Waals surface area contributed by atoms with Gasteiger partial charge in [-0.2, -0.15) is 0 Å². The number of carbonyl (C=O) groups excluding carboxylic acids is 1. The van der Waals surface area contributed by atoms with E-state index in [1.807, 2.05) is 31.2 Å². The number of rotatable bonds is 3. The van der Waals surface area contributed by atoms with Gasteiger partial charge in [0.1, 0.15) is 11.6 Å². The Bertz CT molecular complexity index is 871. The highest BCUT2D eigenvalue weighted by Gasteiger charge is 2.33. The summed E-state index contributed by atoms with van der Waals surface area (Å²) in [5, 5.41) is 5.98. The van der Waals surface area contributed by atoms with Crippen LogP contribution in [0.4, 0.5) is 8.78 Å². The van der Waals surface area contributed by atoms with E-state index < -0.39 is 17.7 Å². The van der Waals surface area contributed by atoms with E-state index in [1.165, 1.54) is 13.0 Å². The van der Waals surface area contributed by atoms with Gasteiger partial charge in [-0.3, -0.25) is 4.79 Å². The van der Waals surface area contributed by atoms with E-state index in [-0.39, 0.29) is 22.0 Å². The quantitative estimate of drug-likeness (QED) is 0.819. The summed E-state index contributed by atoms with van der Waals surface area (Å²) >= 11 is 5.20. The molecule has 1 aliphatic heterocycles. The zero-order valence-corrected chi connectivity index (χ0v) is 14.5. The topological polar surface area (TPSA) is 41.1 Å². The van der Waals surface area contributed by atoms with Crippen molar-refractivity contribution in [2.24, 2.45) is 0 Å². The van der Waals surface area contributed by atoms with Crippen molar-refractivity contribution >= 4 is 28.8 Å². The maximum Gasteiger partial charge on any atom is 0.171 e. The van der Waals surface area contributed by atoms with Gasteiger partial charge >= 0.3 is 0 Å². The molecule has 0 radical (unpaired) electrons. The summed E-state index contributed by atoms with van der Waals surface area (Å²) in [5.41, 5.74) is 2.26. The molecule has 2 aromatic rings. The van der Waals surface area contributed by atoms with E-state index >= 15 is 0 Å². The first-order valence-electron chi connectivity index (χ1n) is 7.72. The van der Waals surface area contributed by atoms with Crippen molar-refractivity contribution in [1.82, 2.24) is 10.6 Å². The molecule has 0 spiro atoms. The molecule has 2 aromatic carbocycles. The molecule has 0 amide bonds. The number of hydrogen-bond donors (Lipinski definition) is 2. The minimum atomic E-state index is -0.997. The second-order valence-corrected chi connectivity index (χ2v) is 6.29. The molecule has 0 aromatic heterocycles. The summed E-state index contributed by atoms with van der Waals surface area (Å²) in [6, 6.07) is 10.1. The lowest BCUT2D eigenvalue weighted by Crippen LogP contribution is -2.45. The second-order valence-electron chi connectivity index (χ2n) is 5.88. The molecule has 0 saturated carbocycles. The van der Waals surface area contributed by atoms with Crippen LogP contribution in [-0.4, -0.2) is 10.9 Å². The third kappa shape index (κ3) is 3.30. The van der Waals surface area contributed by atoms with Crippen LogP contribution in [0.3, 0.4) is 0 Å². The fourth-order valence-corrected chi connectivity index (χ4v) is 3.11. The van der Waals surface area contributed by atoms with Crippen molar-refractivity contribution in [1.29, 1.82) is 0 Å². The van der Waals surface area contributed by atoms with Crippen molar-refractivity contribution in [3.8, 4) is 0 Å². The Kier molecular flexibility index (Phi) is 4.63. The highest BCUT2D eigenvalue weighted by atomic mass is 32.1. The molecule has 1 atom stereocenters. The lowest BCUT2D eigenvalue weighted by atomic mass is 9.90. The van der Waals surface area contributed by atoms with Gasteiger partial charge in [0.05, 0.1) is 17.3 Å². The molecular weight excluding hydrogens is 342 g/mol. The lowest BCUT2D eigenvalue weighted by Gasteiger charge is -2.31. The van der Waals surface area contributed by atoms with Crippen molar-refractivity contribution < 1.29 is 13.6 Å². The summed E-state index contributed by atoms with van der Waals surface area (Å²) in [7, 11) is 0. The van der Waals surface area contributed by atoms with E-state index in [4.69, 9.17) is 12.2 Å². The maximum atomic E-state index is 14.3. The monoisotopic (exact) mass is 358 g/mol. The summed E-state index contributed by atoms with van der Waals surface area (Å²) in [5.74, 6) is -1.76. The molecule has 6 heteroatoms. The average molecular weight is 358 g/mol. The van der Waals surface area contributed by atoms with Crippen molar-refractivity contribution in [3.63, 3.8) is 0 Å². The Labute approximate surface area is 149 Å². The smallest absolute Gasteiger partial charge is 0.171 e. The molecular formula is C19H16F2N2OS. The van der Waals surface area contributed by atoms with Crippen LogP contribution in [0.25, 0.3) is 5.70 Å².